The standard InChI is InChI=1S/C13H11ClO4S/c14-12-4-3-11(19-12)9(13(17)18)5-7-1-2-8(15)6-10(7)16/h1-4,6,9,15-16H,5H2,(H,17,18). The minimum absolute atomic E-state index is 0.0627. The van der Waals surface area contributed by atoms with Gasteiger partial charge in [0.05, 0.1) is 10.3 Å². The lowest BCUT2D eigenvalue weighted by molar-refractivity contribution is -0.138. The predicted octanol–water partition coefficient (Wildman–Crippen LogP) is 3.22. The van der Waals surface area contributed by atoms with Crippen molar-refractivity contribution in [3.8, 4) is 11.5 Å². The Kier molecular flexibility index (Phi) is 3.97. The molecule has 1 unspecified atom stereocenters. The van der Waals surface area contributed by atoms with Crippen molar-refractivity contribution in [3.05, 3.63) is 45.1 Å². The Balaban J connectivity index is 2.29. The van der Waals surface area contributed by atoms with Gasteiger partial charge in [-0.25, -0.2) is 0 Å². The van der Waals surface area contributed by atoms with Gasteiger partial charge in [-0.3, -0.25) is 4.79 Å². The predicted molar refractivity (Wildman–Crippen MR) is 73.2 cm³/mol. The Bertz CT molecular complexity index is 608. The molecule has 1 heterocycles. The summed E-state index contributed by atoms with van der Waals surface area (Å²) >= 11 is 7.01. The van der Waals surface area contributed by atoms with Crippen molar-refractivity contribution in [2.24, 2.45) is 0 Å². The molecule has 4 nitrogen and oxygen atoms in total. The van der Waals surface area contributed by atoms with Gasteiger partial charge in [0.25, 0.3) is 0 Å². The Morgan fingerprint density at radius 3 is 2.53 bits per heavy atom. The first-order chi connectivity index (χ1) is 8.97. The molecule has 0 saturated heterocycles. The van der Waals surface area contributed by atoms with Crippen molar-refractivity contribution in [2.75, 3.05) is 0 Å². The molecule has 0 amide bonds. The number of carbonyl (C=O) groups is 1. The second-order valence-electron chi connectivity index (χ2n) is 4.05. The highest BCUT2D eigenvalue weighted by atomic mass is 35.5. The largest absolute Gasteiger partial charge is 0.508 e. The number of aliphatic carboxylic acids is 1. The van der Waals surface area contributed by atoms with E-state index in [9.17, 15) is 20.1 Å². The van der Waals surface area contributed by atoms with Crippen LogP contribution in [0, 0.1) is 0 Å². The zero-order valence-electron chi connectivity index (χ0n) is 9.71. The average Bonchev–Trinajstić information content (AvgIpc) is 2.74. The van der Waals surface area contributed by atoms with Crippen molar-refractivity contribution in [1.29, 1.82) is 0 Å². The molecule has 100 valence electrons. The number of carboxylic acids is 1. The summed E-state index contributed by atoms with van der Waals surface area (Å²) in [6.45, 7) is 0. The maximum atomic E-state index is 11.3. The first kappa shape index (κ1) is 13.7. The fourth-order valence-corrected chi connectivity index (χ4v) is 2.92. The van der Waals surface area contributed by atoms with Gasteiger partial charge in [0.15, 0.2) is 0 Å². The van der Waals surface area contributed by atoms with Crippen LogP contribution < -0.4 is 0 Å². The van der Waals surface area contributed by atoms with Crippen molar-refractivity contribution < 1.29 is 20.1 Å². The first-order valence-electron chi connectivity index (χ1n) is 5.46. The summed E-state index contributed by atoms with van der Waals surface area (Å²) in [6.07, 6.45) is 0.137. The molecular weight excluding hydrogens is 288 g/mol. The Morgan fingerprint density at radius 2 is 2.00 bits per heavy atom. The summed E-state index contributed by atoms with van der Waals surface area (Å²) < 4.78 is 0.524. The maximum Gasteiger partial charge on any atom is 0.312 e. The van der Waals surface area contributed by atoms with Crippen LogP contribution in [0.2, 0.25) is 4.34 Å². The molecule has 1 aromatic carbocycles. The van der Waals surface area contributed by atoms with Crippen molar-refractivity contribution in [2.45, 2.75) is 12.3 Å². The van der Waals surface area contributed by atoms with E-state index in [0.717, 1.165) is 0 Å². The second-order valence-corrected chi connectivity index (χ2v) is 5.80. The molecule has 2 rings (SSSR count). The number of benzene rings is 1. The monoisotopic (exact) mass is 298 g/mol. The molecule has 2 aromatic rings. The number of carboxylic acid groups (broad SMARTS) is 1. The lowest BCUT2D eigenvalue weighted by Gasteiger charge is -2.11. The average molecular weight is 299 g/mol. The number of hydrogen-bond donors (Lipinski definition) is 3. The zero-order chi connectivity index (χ0) is 14.0. The van der Waals surface area contributed by atoms with Gasteiger partial charge in [0.1, 0.15) is 11.5 Å². The van der Waals surface area contributed by atoms with Gasteiger partial charge in [0, 0.05) is 10.9 Å². The summed E-state index contributed by atoms with van der Waals surface area (Å²) in [6, 6.07) is 7.43. The smallest absolute Gasteiger partial charge is 0.312 e. The molecule has 0 bridgehead atoms. The minimum atomic E-state index is -0.981. The van der Waals surface area contributed by atoms with Crippen molar-refractivity contribution in [3.63, 3.8) is 0 Å². The summed E-state index contributed by atoms with van der Waals surface area (Å²) in [5.41, 5.74) is 0.467. The van der Waals surface area contributed by atoms with E-state index in [0.29, 0.717) is 14.8 Å². The Labute approximate surface area is 118 Å². The molecule has 0 aliphatic carbocycles. The van der Waals surface area contributed by atoms with Crippen LogP contribution >= 0.6 is 22.9 Å². The van der Waals surface area contributed by atoms with E-state index in [4.69, 9.17) is 11.6 Å². The quantitative estimate of drug-likeness (QED) is 0.810. The van der Waals surface area contributed by atoms with Crippen LogP contribution in [-0.4, -0.2) is 21.3 Å². The maximum absolute atomic E-state index is 11.3. The summed E-state index contributed by atoms with van der Waals surface area (Å²) in [7, 11) is 0. The summed E-state index contributed by atoms with van der Waals surface area (Å²) in [4.78, 5) is 12.0. The fraction of sp³-hybridized carbons (Fsp3) is 0.154. The molecule has 0 spiro atoms. The molecule has 0 fully saturated rings. The highest BCUT2D eigenvalue weighted by Gasteiger charge is 2.23. The lowest BCUT2D eigenvalue weighted by Crippen LogP contribution is -2.13. The number of phenolic OH excluding ortho intramolecular Hbond substituents is 2. The number of halogens is 1. The molecule has 1 atom stereocenters. The van der Waals surface area contributed by atoms with Gasteiger partial charge in [-0.2, -0.15) is 0 Å². The second kappa shape index (κ2) is 5.50. The lowest BCUT2D eigenvalue weighted by atomic mass is 9.97. The molecule has 1 aromatic heterocycles. The highest BCUT2D eigenvalue weighted by Crippen LogP contribution is 2.33. The third-order valence-electron chi connectivity index (χ3n) is 2.73. The molecule has 3 N–H and O–H groups in total. The normalized spacial score (nSPS) is 12.3. The van der Waals surface area contributed by atoms with Crippen LogP contribution in [0.1, 0.15) is 16.4 Å². The number of rotatable bonds is 4. The first-order valence-corrected chi connectivity index (χ1v) is 6.65. The van der Waals surface area contributed by atoms with Crippen molar-refractivity contribution >= 4 is 28.9 Å². The van der Waals surface area contributed by atoms with E-state index in [1.165, 1.54) is 29.5 Å². The third kappa shape index (κ3) is 3.19. The van der Waals surface area contributed by atoms with Crippen LogP contribution in [0.4, 0.5) is 0 Å². The molecular formula is C13H11ClO4S. The SMILES string of the molecule is O=C(O)C(Cc1ccc(O)cc1O)c1ccc(Cl)s1. The van der Waals surface area contributed by atoms with Crippen molar-refractivity contribution in [1.82, 2.24) is 0 Å². The third-order valence-corrected chi connectivity index (χ3v) is 4.07. The van der Waals surface area contributed by atoms with Crippen LogP contribution in [0.3, 0.4) is 0 Å². The van der Waals surface area contributed by atoms with E-state index in [2.05, 4.69) is 0 Å². The van der Waals surface area contributed by atoms with E-state index >= 15 is 0 Å². The van der Waals surface area contributed by atoms with Crippen LogP contribution in [0.15, 0.2) is 30.3 Å². The van der Waals surface area contributed by atoms with Gasteiger partial charge in [-0.15, -0.1) is 11.3 Å². The minimum Gasteiger partial charge on any atom is -0.508 e. The van der Waals surface area contributed by atoms with Crippen LogP contribution in [0.5, 0.6) is 11.5 Å². The molecule has 0 saturated carbocycles. The molecule has 0 radical (unpaired) electrons. The van der Waals surface area contributed by atoms with E-state index < -0.39 is 11.9 Å². The van der Waals surface area contributed by atoms with Gasteiger partial charge in [0.2, 0.25) is 0 Å². The molecule has 0 aliphatic rings. The van der Waals surface area contributed by atoms with E-state index in [1.54, 1.807) is 12.1 Å². The van der Waals surface area contributed by atoms with E-state index in [-0.39, 0.29) is 17.9 Å². The molecule has 0 aliphatic heterocycles. The van der Waals surface area contributed by atoms with Gasteiger partial charge >= 0.3 is 5.97 Å². The van der Waals surface area contributed by atoms with Gasteiger partial charge < -0.3 is 15.3 Å². The fourth-order valence-electron chi connectivity index (χ4n) is 1.77. The number of hydrogen-bond acceptors (Lipinski definition) is 4. The highest BCUT2D eigenvalue weighted by molar-refractivity contribution is 7.16. The number of thiophene rings is 1. The topological polar surface area (TPSA) is 77.8 Å². The summed E-state index contributed by atoms with van der Waals surface area (Å²) in [5.74, 6) is -1.93. The van der Waals surface area contributed by atoms with Gasteiger partial charge in [-0.1, -0.05) is 17.7 Å². The van der Waals surface area contributed by atoms with Gasteiger partial charge in [-0.05, 0) is 30.2 Å². The van der Waals surface area contributed by atoms with E-state index in [1.807, 2.05) is 0 Å². The number of aromatic hydroxyl groups is 2. The molecule has 19 heavy (non-hydrogen) atoms. The zero-order valence-corrected chi connectivity index (χ0v) is 11.3. The Hall–Kier alpha value is -1.72. The van der Waals surface area contributed by atoms with Crippen LogP contribution in [0.25, 0.3) is 0 Å². The summed E-state index contributed by atoms with van der Waals surface area (Å²) in [5, 5.41) is 28.2. The Morgan fingerprint density at radius 1 is 1.26 bits per heavy atom. The number of phenols is 2. The molecule has 6 heteroatoms. The van der Waals surface area contributed by atoms with Crippen LogP contribution in [-0.2, 0) is 11.2 Å².